The van der Waals surface area contributed by atoms with E-state index in [0.29, 0.717) is 5.69 Å². The summed E-state index contributed by atoms with van der Waals surface area (Å²) in [5.41, 5.74) is 3.97. The van der Waals surface area contributed by atoms with Gasteiger partial charge >= 0.3 is 0 Å². The van der Waals surface area contributed by atoms with Gasteiger partial charge in [0.15, 0.2) is 0 Å². The summed E-state index contributed by atoms with van der Waals surface area (Å²) in [6, 6.07) is 0.0293. The highest BCUT2D eigenvalue weighted by molar-refractivity contribution is 7.07. The van der Waals surface area contributed by atoms with Crippen LogP contribution in [0.25, 0.3) is 0 Å². The van der Waals surface area contributed by atoms with E-state index in [2.05, 4.69) is 15.0 Å². The highest BCUT2D eigenvalue weighted by Crippen LogP contribution is 2.31. The van der Waals surface area contributed by atoms with E-state index in [-0.39, 0.29) is 11.9 Å². The molecule has 0 N–H and O–H groups in total. The fourth-order valence-corrected chi connectivity index (χ4v) is 2.95. The van der Waals surface area contributed by atoms with Crippen molar-refractivity contribution in [3.05, 3.63) is 40.4 Å². The van der Waals surface area contributed by atoms with Gasteiger partial charge in [-0.25, -0.2) is 4.98 Å². The lowest BCUT2D eigenvalue weighted by Crippen LogP contribution is -2.31. The predicted molar refractivity (Wildman–Crippen MR) is 71.9 cm³/mol. The lowest BCUT2D eigenvalue weighted by atomic mass is 10.1. The largest absolute Gasteiger partial charge is 0.329 e. The van der Waals surface area contributed by atoms with Crippen molar-refractivity contribution in [2.45, 2.75) is 25.8 Å². The molecule has 1 aliphatic rings. The molecule has 0 aliphatic carbocycles. The smallest absolute Gasteiger partial charge is 0.273 e. The zero-order valence-electron chi connectivity index (χ0n) is 10.6. The molecule has 5 nitrogen and oxygen atoms in total. The molecule has 19 heavy (non-hydrogen) atoms. The maximum atomic E-state index is 12.4. The Hall–Kier alpha value is -1.82. The van der Waals surface area contributed by atoms with Crippen molar-refractivity contribution in [3.8, 4) is 0 Å². The maximum absolute atomic E-state index is 12.4. The van der Waals surface area contributed by atoms with Crippen LogP contribution in [0.5, 0.6) is 0 Å². The summed E-state index contributed by atoms with van der Waals surface area (Å²) in [7, 11) is 0. The third-order valence-corrected chi connectivity index (χ3v) is 3.87. The van der Waals surface area contributed by atoms with Crippen LogP contribution in [-0.2, 0) is 0 Å². The first-order valence-electron chi connectivity index (χ1n) is 6.23. The minimum absolute atomic E-state index is 0.00736. The molecule has 0 bridgehead atoms. The Kier molecular flexibility index (Phi) is 3.25. The normalized spacial score (nSPS) is 18.8. The Morgan fingerprint density at radius 3 is 3.11 bits per heavy atom. The number of carbonyl (C=O) groups excluding carboxylic acids is 1. The molecule has 1 saturated heterocycles. The third kappa shape index (κ3) is 2.35. The summed E-state index contributed by atoms with van der Waals surface area (Å²) < 4.78 is 0. The van der Waals surface area contributed by atoms with Crippen LogP contribution in [-0.4, -0.2) is 32.3 Å². The van der Waals surface area contributed by atoms with Crippen LogP contribution in [0.1, 0.15) is 40.8 Å². The second kappa shape index (κ2) is 5.05. The van der Waals surface area contributed by atoms with Gasteiger partial charge < -0.3 is 4.90 Å². The highest BCUT2D eigenvalue weighted by Gasteiger charge is 2.32. The zero-order valence-corrected chi connectivity index (χ0v) is 11.4. The van der Waals surface area contributed by atoms with Gasteiger partial charge in [0.05, 0.1) is 29.1 Å². The van der Waals surface area contributed by atoms with Crippen LogP contribution < -0.4 is 0 Å². The first-order chi connectivity index (χ1) is 9.25. The number of aromatic nitrogens is 3. The number of nitrogens with zero attached hydrogens (tertiary/aromatic N) is 4. The minimum Gasteiger partial charge on any atom is -0.329 e. The van der Waals surface area contributed by atoms with Crippen molar-refractivity contribution >= 4 is 17.2 Å². The van der Waals surface area contributed by atoms with Gasteiger partial charge in [0.2, 0.25) is 0 Å². The summed E-state index contributed by atoms with van der Waals surface area (Å²) >= 11 is 1.44. The van der Waals surface area contributed by atoms with Gasteiger partial charge in [-0.3, -0.25) is 14.8 Å². The number of hydrogen-bond donors (Lipinski definition) is 0. The maximum Gasteiger partial charge on any atom is 0.273 e. The van der Waals surface area contributed by atoms with Gasteiger partial charge in [-0.2, -0.15) is 0 Å². The first-order valence-corrected chi connectivity index (χ1v) is 7.17. The molecule has 0 aromatic carbocycles. The molecule has 1 amide bonds. The van der Waals surface area contributed by atoms with E-state index in [4.69, 9.17) is 0 Å². The van der Waals surface area contributed by atoms with Crippen molar-refractivity contribution in [2.75, 3.05) is 6.54 Å². The number of likely N-dealkylation sites (tertiary alicyclic amines) is 1. The summed E-state index contributed by atoms with van der Waals surface area (Å²) in [6.45, 7) is 2.68. The Morgan fingerprint density at radius 2 is 2.37 bits per heavy atom. The Balaban J connectivity index is 1.88. The van der Waals surface area contributed by atoms with Crippen LogP contribution in [0.15, 0.2) is 23.3 Å². The number of rotatable bonds is 2. The first kappa shape index (κ1) is 12.2. The van der Waals surface area contributed by atoms with E-state index in [1.165, 1.54) is 11.3 Å². The van der Waals surface area contributed by atoms with Crippen molar-refractivity contribution < 1.29 is 4.79 Å². The summed E-state index contributed by atoms with van der Waals surface area (Å²) in [4.78, 5) is 27.0. The predicted octanol–water partition coefficient (Wildman–Crippen LogP) is 2.22. The molecule has 0 spiro atoms. The van der Waals surface area contributed by atoms with Crippen LogP contribution in [0.4, 0.5) is 0 Å². The molecular weight excluding hydrogens is 260 g/mol. The number of hydrogen-bond acceptors (Lipinski definition) is 5. The van der Waals surface area contributed by atoms with Crippen LogP contribution in [0.3, 0.4) is 0 Å². The fourth-order valence-electron chi connectivity index (χ4n) is 2.43. The van der Waals surface area contributed by atoms with Crippen LogP contribution >= 0.6 is 11.3 Å². The van der Waals surface area contributed by atoms with E-state index in [1.807, 2.05) is 11.8 Å². The molecule has 0 saturated carbocycles. The Labute approximate surface area is 115 Å². The summed E-state index contributed by atoms with van der Waals surface area (Å²) in [5, 5.41) is 1.79. The molecular formula is C13H14N4OS. The van der Waals surface area contributed by atoms with Gasteiger partial charge in [0, 0.05) is 18.1 Å². The van der Waals surface area contributed by atoms with Crippen LogP contribution in [0, 0.1) is 6.92 Å². The molecule has 2 aromatic heterocycles. The third-order valence-electron chi connectivity index (χ3n) is 3.28. The lowest BCUT2D eigenvalue weighted by molar-refractivity contribution is 0.0727. The van der Waals surface area contributed by atoms with E-state index in [0.717, 1.165) is 30.8 Å². The van der Waals surface area contributed by atoms with Gasteiger partial charge in [0.1, 0.15) is 5.69 Å². The number of aryl methyl sites for hydroxylation is 1. The van der Waals surface area contributed by atoms with E-state index >= 15 is 0 Å². The van der Waals surface area contributed by atoms with Gasteiger partial charge in [-0.05, 0) is 19.8 Å². The topological polar surface area (TPSA) is 59.0 Å². The molecule has 2 aromatic rings. The SMILES string of the molecule is Cc1cncc([C@@H]2CCCN2C(=O)c2cscn2)n1. The quantitative estimate of drug-likeness (QED) is 0.842. The number of amides is 1. The fraction of sp³-hybridized carbons (Fsp3) is 0.385. The van der Waals surface area contributed by atoms with Crippen molar-refractivity contribution in [1.29, 1.82) is 0 Å². The van der Waals surface area contributed by atoms with Crippen molar-refractivity contribution in [1.82, 2.24) is 19.9 Å². The Morgan fingerprint density at radius 1 is 1.47 bits per heavy atom. The molecule has 98 valence electrons. The number of thiazole rings is 1. The second-order valence-electron chi connectivity index (χ2n) is 4.62. The summed E-state index contributed by atoms with van der Waals surface area (Å²) in [5.74, 6) is -0.00736. The minimum atomic E-state index is -0.00736. The molecule has 6 heteroatoms. The lowest BCUT2D eigenvalue weighted by Gasteiger charge is -2.23. The molecule has 1 fully saturated rings. The van der Waals surface area contributed by atoms with Crippen molar-refractivity contribution in [3.63, 3.8) is 0 Å². The molecule has 1 atom stereocenters. The highest BCUT2D eigenvalue weighted by atomic mass is 32.1. The molecule has 3 rings (SSSR count). The van der Waals surface area contributed by atoms with Gasteiger partial charge in [-0.15, -0.1) is 11.3 Å². The monoisotopic (exact) mass is 274 g/mol. The average molecular weight is 274 g/mol. The average Bonchev–Trinajstić information content (AvgIpc) is 3.09. The van der Waals surface area contributed by atoms with Gasteiger partial charge in [0.25, 0.3) is 5.91 Å². The molecule has 3 heterocycles. The van der Waals surface area contributed by atoms with Crippen molar-refractivity contribution in [2.24, 2.45) is 0 Å². The Bertz CT molecular complexity index is 584. The summed E-state index contributed by atoms with van der Waals surface area (Å²) in [6.07, 6.45) is 5.42. The molecule has 1 aliphatic heterocycles. The molecule has 0 radical (unpaired) electrons. The second-order valence-corrected chi connectivity index (χ2v) is 5.33. The van der Waals surface area contributed by atoms with Crippen LogP contribution in [0.2, 0.25) is 0 Å². The van der Waals surface area contributed by atoms with E-state index < -0.39 is 0 Å². The standard InChI is InChI=1S/C13H14N4OS/c1-9-5-14-6-10(16-9)12-3-2-4-17(12)13(18)11-7-19-8-15-11/h5-8,12H,2-4H2,1H3/t12-/m0/s1. The van der Waals surface area contributed by atoms with E-state index in [1.54, 1.807) is 23.3 Å². The molecule has 0 unspecified atom stereocenters. The van der Waals surface area contributed by atoms with Gasteiger partial charge in [-0.1, -0.05) is 0 Å². The van der Waals surface area contributed by atoms with E-state index in [9.17, 15) is 4.79 Å². The zero-order chi connectivity index (χ0) is 13.2. The number of carbonyl (C=O) groups is 1.